The zero-order chi connectivity index (χ0) is 15.9. The van der Waals surface area contributed by atoms with Crippen LogP contribution < -0.4 is 5.32 Å². The number of amides is 2. The number of para-hydroxylation sites is 1. The van der Waals surface area contributed by atoms with Crippen molar-refractivity contribution in [2.24, 2.45) is 0 Å². The Kier molecular flexibility index (Phi) is 5.47. The third kappa shape index (κ3) is 4.04. The zero-order valence-electron chi connectivity index (χ0n) is 12.4. The number of urea groups is 1. The van der Waals surface area contributed by atoms with E-state index in [1.807, 2.05) is 37.3 Å². The highest BCUT2D eigenvalue weighted by Crippen LogP contribution is 2.19. The summed E-state index contributed by atoms with van der Waals surface area (Å²) in [6, 6.07) is 12.4. The molecular formula is C17H18F2N2O. The molecule has 2 rings (SSSR count). The van der Waals surface area contributed by atoms with Crippen LogP contribution >= 0.6 is 0 Å². The summed E-state index contributed by atoms with van der Waals surface area (Å²) in [6.07, 6.45) is 0.750. The molecule has 0 heterocycles. The van der Waals surface area contributed by atoms with Gasteiger partial charge in [-0.3, -0.25) is 0 Å². The Bertz CT molecular complexity index is 612. The van der Waals surface area contributed by atoms with Gasteiger partial charge in [-0.15, -0.1) is 0 Å². The third-order valence-electron chi connectivity index (χ3n) is 3.19. The summed E-state index contributed by atoms with van der Waals surface area (Å²) in [5.74, 6) is -1.57. The van der Waals surface area contributed by atoms with E-state index in [2.05, 4.69) is 5.32 Å². The Hall–Kier alpha value is -2.43. The number of hydrogen-bond donors (Lipinski definition) is 1. The smallest absolute Gasteiger partial charge is 0.320 e. The van der Waals surface area contributed by atoms with Crippen molar-refractivity contribution in [1.29, 1.82) is 0 Å². The van der Waals surface area contributed by atoms with Gasteiger partial charge in [0.2, 0.25) is 0 Å². The molecule has 22 heavy (non-hydrogen) atoms. The van der Waals surface area contributed by atoms with Crippen LogP contribution in [0.2, 0.25) is 0 Å². The fourth-order valence-electron chi connectivity index (χ4n) is 2.13. The molecule has 0 atom stereocenters. The molecule has 0 saturated heterocycles. The SMILES string of the molecule is CCCN(Cc1ccccc1)C(=O)Nc1c(F)cccc1F. The summed E-state index contributed by atoms with van der Waals surface area (Å²) in [6.45, 7) is 2.82. The Labute approximate surface area is 128 Å². The van der Waals surface area contributed by atoms with Crippen molar-refractivity contribution in [2.75, 3.05) is 11.9 Å². The van der Waals surface area contributed by atoms with Gasteiger partial charge in [0, 0.05) is 13.1 Å². The van der Waals surface area contributed by atoms with E-state index in [9.17, 15) is 13.6 Å². The lowest BCUT2D eigenvalue weighted by Crippen LogP contribution is -2.35. The Balaban J connectivity index is 2.13. The lowest BCUT2D eigenvalue weighted by Gasteiger charge is -2.23. The summed E-state index contributed by atoms with van der Waals surface area (Å²) >= 11 is 0. The van der Waals surface area contributed by atoms with Crippen molar-refractivity contribution in [1.82, 2.24) is 4.90 Å². The van der Waals surface area contributed by atoms with E-state index < -0.39 is 23.4 Å². The Morgan fingerprint density at radius 2 is 1.68 bits per heavy atom. The molecular weight excluding hydrogens is 286 g/mol. The molecule has 0 saturated carbocycles. The first-order chi connectivity index (χ1) is 10.6. The quantitative estimate of drug-likeness (QED) is 0.872. The topological polar surface area (TPSA) is 32.3 Å². The van der Waals surface area contributed by atoms with Crippen LogP contribution in [0.3, 0.4) is 0 Å². The van der Waals surface area contributed by atoms with E-state index in [0.717, 1.165) is 24.1 Å². The summed E-state index contributed by atoms with van der Waals surface area (Å²) in [7, 11) is 0. The normalized spacial score (nSPS) is 10.3. The van der Waals surface area contributed by atoms with Crippen LogP contribution in [-0.2, 0) is 6.54 Å². The summed E-state index contributed by atoms with van der Waals surface area (Å²) in [4.78, 5) is 13.8. The van der Waals surface area contributed by atoms with Crippen LogP contribution in [0.1, 0.15) is 18.9 Å². The summed E-state index contributed by atoms with van der Waals surface area (Å²) in [5, 5.41) is 2.32. The van der Waals surface area contributed by atoms with Crippen molar-refractivity contribution >= 4 is 11.7 Å². The predicted octanol–water partition coefficient (Wildman–Crippen LogP) is 4.41. The van der Waals surface area contributed by atoms with Gasteiger partial charge in [-0.2, -0.15) is 0 Å². The number of rotatable bonds is 5. The molecule has 0 radical (unpaired) electrons. The maximum Gasteiger partial charge on any atom is 0.322 e. The fraction of sp³-hybridized carbons (Fsp3) is 0.235. The van der Waals surface area contributed by atoms with Crippen molar-refractivity contribution < 1.29 is 13.6 Å². The lowest BCUT2D eigenvalue weighted by atomic mass is 10.2. The van der Waals surface area contributed by atoms with Gasteiger partial charge in [0.25, 0.3) is 0 Å². The highest BCUT2D eigenvalue weighted by molar-refractivity contribution is 5.89. The largest absolute Gasteiger partial charge is 0.322 e. The van der Waals surface area contributed by atoms with Gasteiger partial charge in [0.1, 0.15) is 17.3 Å². The molecule has 3 nitrogen and oxygen atoms in total. The zero-order valence-corrected chi connectivity index (χ0v) is 12.4. The minimum absolute atomic E-state index is 0.386. The van der Waals surface area contributed by atoms with Crippen molar-refractivity contribution in [3.05, 3.63) is 65.7 Å². The first kappa shape index (κ1) is 15.9. The highest BCUT2D eigenvalue weighted by Gasteiger charge is 2.17. The first-order valence-corrected chi connectivity index (χ1v) is 7.15. The van der Waals surface area contributed by atoms with Gasteiger partial charge in [0.15, 0.2) is 0 Å². The number of nitrogens with one attached hydrogen (secondary N) is 1. The fourth-order valence-corrected chi connectivity index (χ4v) is 2.13. The molecule has 2 amide bonds. The average molecular weight is 304 g/mol. The van der Waals surface area contributed by atoms with E-state index in [4.69, 9.17) is 0 Å². The van der Waals surface area contributed by atoms with Crippen LogP contribution in [0, 0.1) is 11.6 Å². The molecule has 0 aromatic heterocycles. The van der Waals surface area contributed by atoms with Crippen molar-refractivity contribution in [3.63, 3.8) is 0 Å². The van der Waals surface area contributed by atoms with E-state index in [1.165, 1.54) is 11.0 Å². The van der Waals surface area contributed by atoms with Gasteiger partial charge in [0.05, 0.1) is 0 Å². The molecule has 116 valence electrons. The van der Waals surface area contributed by atoms with E-state index in [0.29, 0.717) is 13.1 Å². The average Bonchev–Trinajstić information content (AvgIpc) is 2.51. The molecule has 0 aliphatic rings. The molecule has 1 N–H and O–H groups in total. The molecule has 0 spiro atoms. The number of nitrogens with zero attached hydrogens (tertiary/aromatic N) is 1. The van der Waals surface area contributed by atoms with Gasteiger partial charge in [-0.1, -0.05) is 43.3 Å². The number of benzene rings is 2. The first-order valence-electron chi connectivity index (χ1n) is 7.15. The van der Waals surface area contributed by atoms with E-state index in [1.54, 1.807) is 0 Å². The standard InChI is InChI=1S/C17H18F2N2O/c1-2-11-21(12-13-7-4-3-5-8-13)17(22)20-16-14(18)9-6-10-15(16)19/h3-10H,2,11-12H2,1H3,(H,20,22). The van der Waals surface area contributed by atoms with Crippen molar-refractivity contribution in [3.8, 4) is 0 Å². The van der Waals surface area contributed by atoms with Crippen LogP contribution in [0.5, 0.6) is 0 Å². The molecule has 0 aliphatic heterocycles. The summed E-state index contributed by atoms with van der Waals surface area (Å²) in [5.41, 5.74) is 0.543. The van der Waals surface area contributed by atoms with Crippen LogP contribution in [-0.4, -0.2) is 17.5 Å². The van der Waals surface area contributed by atoms with Gasteiger partial charge in [-0.05, 0) is 24.1 Å². The number of halogens is 2. The second-order valence-corrected chi connectivity index (χ2v) is 4.93. The monoisotopic (exact) mass is 304 g/mol. The lowest BCUT2D eigenvalue weighted by molar-refractivity contribution is 0.209. The van der Waals surface area contributed by atoms with Crippen LogP contribution in [0.25, 0.3) is 0 Å². The Morgan fingerprint density at radius 1 is 1.05 bits per heavy atom. The predicted molar refractivity (Wildman–Crippen MR) is 82.5 cm³/mol. The molecule has 5 heteroatoms. The number of hydrogen-bond acceptors (Lipinski definition) is 1. The van der Waals surface area contributed by atoms with E-state index >= 15 is 0 Å². The van der Waals surface area contributed by atoms with Gasteiger partial charge >= 0.3 is 6.03 Å². The van der Waals surface area contributed by atoms with E-state index in [-0.39, 0.29) is 0 Å². The molecule has 0 bridgehead atoms. The second kappa shape index (κ2) is 7.54. The molecule has 0 fully saturated rings. The number of anilines is 1. The highest BCUT2D eigenvalue weighted by atomic mass is 19.1. The van der Waals surface area contributed by atoms with Gasteiger partial charge < -0.3 is 10.2 Å². The van der Waals surface area contributed by atoms with Gasteiger partial charge in [-0.25, -0.2) is 13.6 Å². The van der Waals surface area contributed by atoms with Crippen LogP contribution in [0.15, 0.2) is 48.5 Å². The summed E-state index contributed by atoms with van der Waals surface area (Å²) < 4.78 is 27.2. The Morgan fingerprint density at radius 3 is 2.27 bits per heavy atom. The minimum Gasteiger partial charge on any atom is -0.320 e. The van der Waals surface area contributed by atoms with Crippen LogP contribution in [0.4, 0.5) is 19.3 Å². The second-order valence-electron chi connectivity index (χ2n) is 4.93. The minimum atomic E-state index is -0.787. The van der Waals surface area contributed by atoms with Crippen molar-refractivity contribution in [2.45, 2.75) is 19.9 Å². The molecule has 2 aromatic rings. The maximum atomic E-state index is 13.6. The molecule has 0 unspecified atom stereocenters. The molecule has 0 aliphatic carbocycles. The number of carbonyl (C=O) groups excluding carboxylic acids is 1. The maximum absolute atomic E-state index is 13.6. The molecule has 2 aromatic carbocycles. The third-order valence-corrected chi connectivity index (χ3v) is 3.19. The number of carbonyl (C=O) groups is 1.